The van der Waals surface area contributed by atoms with Gasteiger partial charge in [-0.05, 0) is 38.0 Å². The summed E-state index contributed by atoms with van der Waals surface area (Å²) >= 11 is 5.91. The molecule has 0 spiro atoms. The Morgan fingerprint density at radius 3 is 2.88 bits per heavy atom. The number of nitrogens with zero attached hydrogens (tertiary/aromatic N) is 1. The Hall–Kier alpha value is -1.24. The second-order valence-corrected chi connectivity index (χ2v) is 4.12. The molecule has 0 saturated heterocycles. The predicted molar refractivity (Wildman–Crippen MR) is 65.6 cm³/mol. The van der Waals surface area contributed by atoms with E-state index in [9.17, 15) is 0 Å². The van der Waals surface area contributed by atoms with Gasteiger partial charge in [-0.25, -0.2) is 0 Å². The first-order valence-electron chi connectivity index (χ1n) is 5.24. The molecule has 0 aromatic heterocycles. The Kier molecular flexibility index (Phi) is 5.10. The highest BCUT2D eigenvalue weighted by molar-refractivity contribution is 6.32. The van der Waals surface area contributed by atoms with E-state index in [0.29, 0.717) is 10.6 Å². The van der Waals surface area contributed by atoms with Gasteiger partial charge in [0.15, 0.2) is 0 Å². The number of hydrogen-bond donors (Lipinski definition) is 2. The zero-order valence-corrected chi connectivity index (χ0v) is 9.96. The summed E-state index contributed by atoms with van der Waals surface area (Å²) in [5, 5.41) is 21.2. The molecule has 0 heterocycles. The maximum Gasteiger partial charge on any atom is 0.101 e. The molecule has 1 rings (SSSR count). The quantitative estimate of drug-likeness (QED) is 0.830. The average molecular weight is 239 g/mol. The fourth-order valence-corrected chi connectivity index (χ4v) is 1.67. The predicted octanol–water partition coefficient (Wildman–Crippen LogP) is 2.78. The summed E-state index contributed by atoms with van der Waals surface area (Å²) < 4.78 is 0. The van der Waals surface area contributed by atoms with Gasteiger partial charge in [0.1, 0.15) is 6.07 Å². The first-order chi connectivity index (χ1) is 7.67. The molecule has 1 unspecified atom stereocenters. The van der Waals surface area contributed by atoms with Crippen LogP contribution in [0.15, 0.2) is 18.2 Å². The molecule has 0 bridgehead atoms. The highest BCUT2D eigenvalue weighted by Crippen LogP contribution is 2.21. The van der Waals surface area contributed by atoms with Crippen molar-refractivity contribution in [2.24, 2.45) is 0 Å². The van der Waals surface area contributed by atoms with Crippen LogP contribution in [0.25, 0.3) is 0 Å². The van der Waals surface area contributed by atoms with Crippen molar-refractivity contribution in [3.8, 4) is 6.07 Å². The molecular formula is C12H15ClN2O. The molecule has 0 fully saturated rings. The summed E-state index contributed by atoms with van der Waals surface area (Å²) in [5.74, 6) is 0. The number of nitrogens with one attached hydrogen (secondary N) is 1. The van der Waals surface area contributed by atoms with Crippen LogP contribution in [0.4, 0.5) is 5.69 Å². The molecule has 0 amide bonds. The van der Waals surface area contributed by atoms with Crippen molar-refractivity contribution < 1.29 is 5.11 Å². The second kappa shape index (κ2) is 6.37. The van der Waals surface area contributed by atoms with Crippen LogP contribution in [0.3, 0.4) is 0 Å². The zero-order valence-electron chi connectivity index (χ0n) is 9.20. The lowest BCUT2D eigenvalue weighted by Crippen LogP contribution is -2.15. The van der Waals surface area contributed by atoms with E-state index >= 15 is 0 Å². The van der Waals surface area contributed by atoms with E-state index in [4.69, 9.17) is 22.0 Å². The van der Waals surface area contributed by atoms with Gasteiger partial charge >= 0.3 is 0 Å². The van der Waals surface area contributed by atoms with Crippen LogP contribution in [0, 0.1) is 11.3 Å². The first-order valence-corrected chi connectivity index (χ1v) is 5.62. The summed E-state index contributed by atoms with van der Waals surface area (Å²) in [6, 6.07) is 7.57. The molecule has 86 valence electrons. The monoisotopic (exact) mass is 238 g/mol. The molecule has 0 aliphatic heterocycles. The number of halogens is 1. The third kappa shape index (κ3) is 3.73. The van der Waals surface area contributed by atoms with Gasteiger partial charge in [-0.1, -0.05) is 11.6 Å². The topological polar surface area (TPSA) is 56.0 Å². The molecule has 1 aromatic carbocycles. The molecule has 1 atom stereocenters. The van der Waals surface area contributed by atoms with E-state index in [1.54, 1.807) is 12.1 Å². The van der Waals surface area contributed by atoms with E-state index in [1.165, 1.54) is 0 Å². The summed E-state index contributed by atoms with van der Waals surface area (Å²) in [4.78, 5) is 0. The SMILES string of the molecule is CC(CCCO)Nc1ccc(C#N)c(Cl)c1. The minimum atomic E-state index is 0.208. The fourth-order valence-electron chi connectivity index (χ4n) is 1.45. The molecule has 4 heteroatoms. The molecule has 1 aromatic rings. The number of anilines is 1. The van der Waals surface area contributed by atoms with Crippen LogP contribution in [0.5, 0.6) is 0 Å². The van der Waals surface area contributed by atoms with Crippen molar-refractivity contribution >= 4 is 17.3 Å². The Labute approximate surface area is 101 Å². The summed E-state index contributed by atoms with van der Waals surface area (Å²) in [6.07, 6.45) is 1.67. The van der Waals surface area contributed by atoms with Crippen molar-refractivity contribution in [3.63, 3.8) is 0 Å². The highest BCUT2D eigenvalue weighted by atomic mass is 35.5. The Morgan fingerprint density at radius 1 is 1.56 bits per heavy atom. The molecule has 0 aliphatic carbocycles. The van der Waals surface area contributed by atoms with Gasteiger partial charge in [-0.2, -0.15) is 5.26 Å². The smallest absolute Gasteiger partial charge is 0.101 e. The summed E-state index contributed by atoms with van der Waals surface area (Å²) in [7, 11) is 0. The lowest BCUT2D eigenvalue weighted by atomic mass is 10.1. The van der Waals surface area contributed by atoms with Gasteiger partial charge in [0.2, 0.25) is 0 Å². The van der Waals surface area contributed by atoms with Crippen LogP contribution in [0.2, 0.25) is 5.02 Å². The largest absolute Gasteiger partial charge is 0.396 e. The van der Waals surface area contributed by atoms with Crippen LogP contribution < -0.4 is 5.32 Å². The van der Waals surface area contributed by atoms with E-state index in [2.05, 4.69) is 5.32 Å². The Morgan fingerprint density at radius 2 is 2.31 bits per heavy atom. The van der Waals surface area contributed by atoms with Gasteiger partial charge < -0.3 is 10.4 Å². The van der Waals surface area contributed by atoms with Crippen LogP contribution in [-0.2, 0) is 0 Å². The third-order valence-corrected chi connectivity index (χ3v) is 2.61. The van der Waals surface area contributed by atoms with Gasteiger partial charge in [0.05, 0.1) is 10.6 Å². The average Bonchev–Trinajstić information content (AvgIpc) is 2.26. The number of hydrogen-bond acceptors (Lipinski definition) is 3. The summed E-state index contributed by atoms with van der Waals surface area (Å²) in [6.45, 7) is 2.25. The van der Waals surface area contributed by atoms with Crippen molar-refractivity contribution in [2.45, 2.75) is 25.8 Å². The number of nitriles is 1. The molecule has 3 nitrogen and oxygen atoms in total. The van der Waals surface area contributed by atoms with E-state index in [0.717, 1.165) is 18.5 Å². The lowest BCUT2D eigenvalue weighted by molar-refractivity contribution is 0.282. The number of rotatable bonds is 5. The highest BCUT2D eigenvalue weighted by Gasteiger charge is 2.04. The van der Waals surface area contributed by atoms with Crippen LogP contribution in [-0.4, -0.2) is 17.8 Å². The van der Waals surface area contributed by atoms with Crippen LogP contribution in [0.1, 0.15) is 25.3 Å². The normalized spacial score (nSPS) is 11.9. The molecule has 0 aliphatic rings. The maximum atomic E-state index is 8.72. The van der Waals surface area contributed by atoms with Gasteiger partial charge in [0, 0.05) is 18.3 Å². The molecule has 16 heavy (non-hydrogen) atoms. The van der Waals surface area contributed by atoms with E-state index in [-0.39, 0.29) is 12.6 Å². The fraction of sp³-hybridized carbons (Fsp3) is 0.417. The number of aliphatic hydroxyl groups excluding tert-OH is 1. The van der Waals surface area contributed by atoms with E-state index in [1.807, 2.05) is 19.1 Å². The van der Waals surface area contributed by atoms with Crippen molar-refractivity contribution in [1.82, 2.24) is 0 Å². The van der Waals surface area contributed by atoms with E-state index < -0.39 is 0 Å². The standard InChI is InChI=1S/C12H15ClN2O/c1-9(3-2-6-16)15-11-5-4-10(8-14)12(13)7-11/h4-5,7,9,15-16H,2-3,6H2,1H3. The maximum absolute atomic E-state index is 8.72. The van der Waals surface area contributed by atoms with Gasteiger partial charge in [0.25, 0.3) is 0 Å². The number of benzene rings is 1. The Balaban J connectivity index is 2.61. The van der Waals surface area contributed by atoms with Crippen molar-refractivity contribution in [2.75, 3.05) is 11.9 Å². The molecule has 0 radical (unpaired) electrons. The lowest BCUT2D eigenvalue weighted by Gasteiger charge is -2.14. The molecule has 0 saturated carbocycles. The summed E-state index contributed by atoms with van der Waals surface area (Å²) in [5.41, 5.74) is 1.38. The Bertz CT molecular complexity index is 387. The van der Waals surface area contributed by atoms with Crippen molar-refractivity contribution in [1.29, 1.82) is 5.26 Å². The zero-order chi connectivity index (χ0) is 12.0. The molecular weight excluding hydrogens is 224 g/mol. The van der Waals surface area contributed by atoms with Gasteiger partial charge in [-0.15, -0.1) is 0 Å². The molecule has 2 N–H and O–H groups in total. The first kappa shape index (κ1) is 12.8. The van der Waals surface area contributed by atoms with Crippen LogP contribution >= 0.6 is 11.6 Å². The van der Waals surface area contributed by atoms with Crippen molar-refractivity contribution in [3.05, 3.63) is 28.8 Å². The third-order valence-electron chi connectivity index (χ3n) is 2.30. The second-order valence-electron chi connectivity index (χ2n) is 3.72. The number of aliphatic hydroxyl groups is 1. The minimum absolute atomic E-state index is 0.208. The van der Waals surface area contributed by atoms with Gasteiger partial charge in [-0.3, -0.25) is 0 Å². The minimum Gasteiger partial charge on any atom is -0.396 e.